The molecule has 1 saturated heterocycles. The number of rotatable bonds is 8. The van der Waals surface area contributed by atoms with Gasteiger partial charge in [-0.05, 0) is 24.1 Å². The predicted octanol–water partition coefficient (Wildman–Crippen LogP) is 3.33. The van der Waals surface area contributed by atoms with Crippen molar-refractivity contribution in [2.24, 2.45) is 5.92 Å². The topological polar surface area (TPSA) is 69.7 Å². The third kappa shape index (κ3) is 5.46. The van der Waals surface area contributed by atoms with Gasteiger partial charge in [0.25, 0.3) is 0 Å². The van der Waals surface area contributed by atoms with Crippen LogP contribution in [0.5, 0.6) is 0 Å². The molecular formula is C23H24F3N3O3. The summed E-state index contributed by atoms with van der Waals surface area (Å²) in [6.07, 6.45) is 0.609. The van der Waals surface area contributed by atoms with Crippen LogP contribution in [0, 0.1) is 23.4 Å². The third-order valence-corrected chi connectivity index (χ3v) is 5.23. The van der Waals surface area contributed by atoms with E-state index < -0.39 is 41.5 Å². The number of hydrogen-bond acceptors (Lipinski definition) is 3. The molecule has 0 aromatic heterocycles. The van der Waals surface area contributed by atoms with E-state index in [9.17, 15) is 27.6 Å². The van der Waals surface area contributed by atoms with Gasteiger partial charge in [0.2, 0.25) is 17.7 Å². The molecule has 2 aromatic carbocycles. The van der Waals surface area contributed by atoms with E-state index in [1.165, 1.54) is 4.90 Å². The number of hydrogen-bond donors (Lipinski definition) is 1. The second-order valence-corrected chi connectivity index (χ2v) is 7.69. The van der Waals surface area contributed by atoms with E-state index in [4.69, 9.17) is 0 Å². The summed E-state index contributed by atoms with van der Waals surface area (Å²) in [7, 11) is 0. The zero-order chi connectivity index (χ0) is 23.3. The number of likely N-dealkylation sites (tertiary alicyclic amines) is 1. The number of carbonyl (C=O) groups is 3. The molecule has 32 heavy (non-hydrogen) atoms. The zero-order valence-corrected chi connectivity index (χ0v) is 17.6. The average Bonchev–Trinajstić information content (AvgIpc) is 3.14. The lowest BCUT2D eigenvalue weighted by Crippen LogP contribution is -2.42. The van der Waals surface area contributed by atoms with Crippen LogP contribution in [0.1, 0.15) is 25.3 Å². The number of nitrogens with zero attached hydrogens (tertiary/aromatic N) is 2. The fourth-order valence-corrected chi connectivity index (χ4v) is 3.68. The summed E-state index contributed by atoms with van der Waals surface area (Å²) in [6.45, 7) is 2.33. The van der Waals surface area contributed by atoms with Crippen molar-refractivity contribution >= 4 is 23.4 Å². The first kappa shape index (κ1) is 23.3. The Kier molecular flexibility index (Phi) is 7.50. The Hall–Kier alpha value is -3.36. The second kappa shape index (κ2) is 10.3. The maximum atomic E-state index is 13.8. The fraction of sp³-hybridized carbons (Fsp3) is 0.348. The molecule has 3 rings (SSSR count). The predicted molar refractivity (Wildman–Crippen MR) is 112 cm³/mol. The molecule has 0 saturated carbocycles. The van der Waals surface area contributed by atoms with Crippen molar-refractivity contribution in [3.05, 3.63) is 65.5 Å². The number of nitrogens with one attached hydrogen (secondary N) is 1. The Labute approximate surface area is 184 Å². The summed E-state index contributed by atoms with van der Waals surface area (Å²) in [5, 5.41) is 2.17. The Bertz CT molecular complexity index is 1000. The van der Waals surface area contributed by atoms with Gasteiger partial charge in [-0.2, -0.15) is 0 Å². The number of halogens is 3. The minimum absolute atomic E-state index is 0.0469. The molecule has 1 fully saturated rings. The van der Waals surface area contributed by atoms with E-state index in [-0.39, 0.29) is 31.3 Å². The Morgan fingerprint density at radius 1 is 1.09 bits per heavy atom. The van der Waals surface area contributed by atoms with Crippen LogP contribution in [-0.4, -0.2) is 47.2 Å². The highest BCUT2D eigenvalue weighted by molar-refractivity contribution is 5.96. The zero-order valence-electron chi connectivity index (χ0n) is 17.6. The van der Waals surface area contributed by atoms with E-state index in [0.29, 0.717) is 19.0 Å². The number of carbonyl (C=O) groups excluding carboxylic acids is 3. The largest absolute Gasteiger partial charge is 0.338 e. The summed E-state index contributed by atoms with van der Waals surface area (Å²) in [6, 6.07) is 11.0. The first-order valence-corrected chi connectivity index (χ1v) is 10.3. The van der Waals surface area contributed by atoms with Crippen LogP contribution in [-0.2, 0) is 20.9 Å². The van der Waals surface area contributed by atoms with Gasteiger partial charge in [0.05, 0.1) is 18.2 Å². The second-order valence-electron chi connectivity index (χ2n) is 7.69. The van der Waals surface area contributed by atoms with Crippen molar-refractivity contribution < 1.29 is 27.6 Å². The molecule has 170 valence electrons. The van der Waals surface area contributed by atoms with Gasteiger partial charge in [-0.3, -0.25) is 14.4 Å². The molecule has 0 spiro atoms. The Balaban J connectivity index is 1.63. The van der Waals surface area contributed by atoms with Crippen molar-refractivity contribution in [2.45, 2.75) is 26.3 Å². The number of anilines is 1. The standard InChI is InChI=1S/C23H24F3N3O3/c1-2-10-28(14-19(30)27-18-9-8-17(24)21(25)22(18)26)23(32)16-11-20(31)29(13-16)12-15-6-4-3-5-7-15/h3-9,16H,2,10-14H2,1H3,(H,27,30)/t16-/m1/s1. The van der Waals surface area contributed by atoms with Crippen LogP contribution < -0.4 is 5.32 Å². The van der Waals surface area contributed by atoms with Crippen molar-refractivity contribution in [1.82, 2.24) is 9.80 Å². The van der Waals surface area contributed by atoms with Crippen LogP contribution in [0.25, 0.3) is 0 Å². The van der Waals surface area contributed by atoms with Crippen molar-refractivity contribution in [2.75, 3.05) is 25.0 Å². The average molecular weight is 447 g/mol. The summed E-state index contributed by atoms with van der Waals surface area (Å²) in [4.78, 5) is 40.7. The number of benzene rings is 2. The van der Waals surface area contributed by atoms with Gasteiger partial charge in [-0.1, -0.05) is 37.3 Å². The minimum Gasteiger partial charge on any atom is -0.338 e. The van der Waals surface area contributed by atoms with Crippen LogP contribution in [0.2, 0.25) is 0 Å². The molecule has 2 aromatic rings. The van der Waals surface area contributed by atoms with Gasteiger partial charge < -0.3 is 15.1 Å². The molecular weight excluding hydrogens is 423 g/mol. The normalized spacial score (nSPS) is 15.7. The van der Waals surface area contributed by atoms with Gasteiger partial charge in [0.1, 0.15) is 0 Å². The molecule has 1 N–H and O–H groups in total. The SMILES string of the molecule is CCCN(CC(=O)Nc1ccc(F)c(F)c1F)C(=O)[C@@H]1CC(=O)N(Cc2ccccc2)C1. The lowest BCUT2D eigenvalue weighted by molar-refractivity contribution is -0.138. The maximum absolute atomic E-state index is 13.8. The van der Waals surface area contributed by atoms with Crippen molar-refractivity contribution in [3.63, 3.8) is 0 Å². The van der Waals surface area contributed by atoms with Crippen LogP contribution >= 0.6 is 0 Å². The Morgan fingerprint density at radius 3 is 2.50 bits per heavy atom. The fourth-order valence-electron chi connectivity index (χ4n) is 3.68. The molecule has 3 amide bonds. The first-order valence-electron chi connectivity index (χ1n) is 10.3. The van der Waals surface area contributed by atoms with E-state index in [1.54, 1.807) is 4.90 Å². The van der Waals surface area contributed by atoms with Crippen molar-refractivity contribution in [1.29, 1.82) is 0 Å². The highest BCUT2D eigenvalue weighted by Crippen LogP contribution is 2.23. The highest BCUT2D eigenvalue weighted by atomic mass is 19.2. The molecule has 0 radical (unpaired) electrons. The van der Waals surface area contributed by atoms with Crippen LogP contribution in [0.3, 0.4) is 0 Å². The monoisotopic (exact) mass is 447 g/mol. The van der Waals surface area contributed by atoms with Gasteiger partial charge >= 0.3 is 0 Å². The molecule has 0 unspecified atom stereocenters. The first-order chi connectivity index (χ1) is 15.3. The van der Waals surface area contributed by atoms with Gasteiger partial charge in [-0.15, -0.1) is 0 Å². The molecule has 1 heterocycles. The molecule has 6 nitrogen and oxygen atoms in total. The van der Waals surface area contributed by atoms with Gasteiger partial charge in [0, 0.05) is 26.1 Å². The summed E-state index contributed by atoms with van der Waals surface area (Å²) in [5.74, 6) is -6.40. The van der Waals surface area contributed by atoms with Crippen molar-refractivity contribution in [3.8, 4) is 0 Å². The van der Waals surface area contributed by atoms with E-state index >= 15 is 0 Å². The number of amides is 3. The smallest absolute Gasteiger partial charge is 0.244 e. The summed E-state index contributed by atoms with van der Waals surface area (Å²) < 4.78 is 40.3. The molecule has 0 bridgehead atoms. The quantitative estimate of drug-likeness (QED) is 0.632. The lowest BCUT2D eigenvalue weighted by Gasteiger charge is -2.25. The van der Waals surface area contributed by atoms with E-state index in [2.05, 4.69) is 5.32 Å². The summed E-state index contributed by atoms with van der Waals surface area (Å²) in [5.41, 5.74) is 0.440. The van der Waals surface area contributed by atoms with Gasteiger partial charge in [-0.25, -0.2) is 13.2 Å². The molecule has 1 aliphatic heterocycles. The van der Waals surface area contributed by atoms with E-state index in [0.717, 1.165) is 11.6 Å². The summed E-state index contributed by atoms with van der Waals surface area (Å²) >= 11 is 0. The molecule has 1 aliphatic rings. The maximum Gasteiger partial charge on any atom is 0.244 e. The lowest BCUT2D eigenvalue weighted by atomic mass is 10.1. The highest BCUT2D eigenvalue weighted by Gasteiger charge is 2.36. The molecule has 9 heteroatoms. The third-order valence-electron chi connectivity index (χ3n) is 5.23. The van der Waals surface area contributed by atoms with E-state index in [1.807, 2.05) is 37.3 Å². The van der Waals surface area contributed by atoms with Crippen LogP contribution in [0.4, 0.5) is 18.9 Å². The molecule has 0 aliphatic carbocycles. The molecule has 1 atom stereocenters. The van der Waals surface area contributed by atoms with Crippen LogP contribution in [0.15, 0.2) is 42.5 Å². The Morgan fingerprint density at radius 2 is 1.81 bits per heavy atom. The van der Waals surface area contributed by atoms with Gasteiger partial charge in [0.15, 0.2) is 17.5 Å². The minimum atomic E-state index is -1.69.